The summed E-state index contributed by atoms with van der Waals surface area (Å²) in [6.45, 7) is -0.287. The molecule has 6 heteroatoms. The maximum absolute atomic E-state index is 11.6. The monoisotopic (exact) mass is 323 g/mol. The van der Waals surface area contributed by atoms with Gasteiger partial charge in [-0.05, 0) is 53.1 Å². The lowest BCUT2D eigenvalue weighted by atomic mass is 10.2. The molecule has 0 unspecified atom stereocenters. The van der Waals surface area contributed by atoms with Crippen LogP contribution in [-0.2, 0) is 20.7 Å². The van der Waals surface area contributed by atoms with Crippen molar-refractivity contribution >= 4 is 40.5 Å². The summed E-state index contributed by atoms with van der Waals surface area (Å²) in [5, 5.41) is 7.16. The van der Waals surface area contributed by atoms with Crippen molar-refractivity contribution in [3.63, 3.8) is 0 Å². The second-order valence-electron chi connectivity index (χ2n) is 4.35. The molecule has 0 spiro atoms. The molecule has 1 aromatic carbocycles. The van der Waals surface area contributed by atoms with Crippen LogP contribution in [0.2, 0.25) is 5.02 Å². The third-order valence-electron chi connectivity index (χ3n) is 2.69. The summed E-state index contributed by atoms with van der Waals surface area (Å²) >= 11 is 7.33. The van der Waals surface area contributed by atoms with E-state index in [2.05, 4.69) is 5.32 Å². The van der Waals surface area contributed by atoms with E-state index in [-0.39, 0.29) is 24.9 Å². The van der Waals surface area contributed by atoms with Gasteiger partial charge in [-0.2, -0.15) is 11.3 Å². The third-order valence-corrected chi connectivity index (χ3v) is 3.67. The van der Waals surface area contributed by atoms with Gasteiger partial charge in [0.05, 0.1) is 0 Å². The summed E-state index contributed by atoms with van der Waals surface area (Å²) in [6.07, 6.45) is 0.895. The van der Waals surface area contributed by atoms with E-state index in [0.717, 1.165) is 5.56 Å². The van der Waals surface area contributed by atoms with Crippen molar-refractivity contribution in [3.05, 3.63) is 51.7 Å². The van der Waals surface area contributed by atoms with Crippen molar-refractivity contribution in [2.45, 2.75) is 12.8 Å². The van der Waals surface area contributed by atoms with E-state index in [9.17, 15) is 9.59 Å². The molecule has 0 aliphatic heterocycles. The fourth-order valence-electron chi connectivity index (χ4n) is 1.63. The minimum atomic E-state index is -0.382. The van der Waals surface area contributed by atoms with Crippen molar-refractivity contribution in [1.82, 2.24) is 0 Å². The van der Waals surface area contributed by atoms with Crippen molar-refractivity contribution in [1.29, 1.82) is 0 Å². The second kappa shape index (κ2) is 7.81. The van der Waals surface area contributed by atoms with Crippen LogP contribution in [0.4, 0.5) is 5.69 Å². The number of aryl methyl sites for hydroxylation is 1. The number of anilines is 1. The Morgan fingerprint density at radius 1 is 1.19 bits per heavy atom. The quantitative estimate of drug-likeness (QED) is 0.828. The van der Waals surface area contributed by atoms with Crippen LogP contribution in [0.25, 0.3) is 0 Å². The van der Waals surface area contributed by atoms with Crippen molar-refractivity contribution < 1.29 is 14.3 Å². The van der Waals surface area contributed by atoms with Crippen LogP contribution in [0.5, 0.6) is 0 Å². The second-order valence-corrected chi connectivity index (χ2v) is 5.56. The molecular weight excluding hydrogens is 310 g/mol. The standard InChI is InChI=1S/C15H14ClNO3S/c16-12-2-4-13(5-3-12)17-14(18)9-20-15(19)6-1-11-7-8-21-10-11/h2-5,7-8,10H,1,6,9H2,(H,17,18). The third kappa shape index (κ3) is 5.57. The number of halogens is 1. The average Bonchev–Trinajstić information content (AvgIpc) is 2.99. The average molecular weight is 324 g/mol. The molecule has 0 saturated heterocycles. The molecule has 1 N–H and O–H groups in total. The number of nitrogens with one attached hydrogen (secondary N) is 1. The topological polar surface area (TPSA) is 55.4 Å². The summed E-state index contributed by atoms with van der Waals surface area (Å²) in [7, 11) is 0. The number of rotatable bonds is 6. The Kier molecular flexibility index (Phi) is 5.78. The van der Waals surface area contributed by atoms with Gasteiger partial charge in [0.2, 0.25) is 0 Å². The highest BCUT2D eigenvalue weighted by Gasteiger charge is 2.08. The van der Waals surface area contributed by atoms with E-state index >= 15 is 0 Å². The van der Waals surface area contributed by atoms with E-state index in [1.54, 1.807) is 35.6 Å². The molecule has 110 valence electrons. The maximum Gasteiger partial charge on any atom is 0.306 e. The predicted octanol–water partition coefficient (Wildman–Crippen LogP) is 3.52. The molecule has 0 aliphatic rings. The molecule has 2 rings (SSSR count). The van der Waals surface area contributed by atoms with Crippen LogP contribution < -0.4 is 5.32 Å². The summed E-state index contributed by atoms with van der Waals surface area (Å²) < 4.78 is 4.92. The van der Waals surface area contributed by atoms with Crippen LogP contribution in [0.1, 0.15) is 12.0 Å². The van der Waals surface area contributed by atoms with Gasteiger partial charge in [0.1, 0.15) is 0 Å². The number of hydrogen-bond donors (Lipinski definition) is 1. The molecule has 21 heavy (non-hydrogen) atoms. The molecule has 1 amide bonds. The van der Waals surface area contributed by atoms with Crippen LogP contribution in [0.3, 0.4) is 0 Å². The fraction of sp³-hybridized carbons (Fsp3) is 0.200. The van der Waals surface area contributed by atoms with E-state index in [1.807, 2.05) is 16.8 Å². The summed E-state index contributed by atoms with van der Waals surface area (Å²) in [5.74, 6) is -0.756. The van der Waals surface area contributed by atoms with Gasteiger partial charge in [-0.15, -0.1) is 0 Å². The maximum atomic E-state index is 11.6. The van der Waals surface area contributed by atoms with Gasteiger partial charge in [0, 0.05) is 17.1 Å². The first-order valence-electron chi connectivity index (χ1n) is 6.35. The van der Waals surface area contributed by atoms with Crippen LogP contribution >= 0.6 is 22.9 Å². The SMILES string of the molecule is O=C(COC(=O)CCc1ccsc1)Nc1ccc(Cl)cc1. The molecule has 0 saturated carbocycles. The fourth-order valence-corrected chi connectivity index (χ4v) is 2.46. The highest BCUT2D eigenvalue weighted by atomic mass is 35.5. The molecule has 0 fully saturated rings. The Balaban J connectivity index is 1.68. The van der Waals surface area contributed by atoms with Gasteiger partial charge in [0.25, 0.3) is 5.91 Å². The number of benzene rings is 1. The number of carbonyl (C=O) groups is 2. The van der Waals surface area contributed by atoms with Gasteiger partial charge in [-0.3, -0.25) is 9.59 Å². The highest BCUT2D eigenvalue weighted by molar-refractivity contribution is 7.07. The Hall–Kier alpha value is -1.85. The molecule has 1 aromatic heterocycles. The van der Waals surface area contributed by atoms with Crippen LogP contribution in [0, 0.1) is 0 Å². The minimum absolute atomic E-state index is 0.269. The van der Waals surface area contributed by atoms with E-state index in [0.29, 0.717) is 17.1 Å². The largest absolute Gasteiger partial charge is 0.456 e. The van der Waals surface area contributed by atoms with Gasteiger partial charge < -0.3 is 10.1 Å². The lowest BCUT2D eigenvalue weighted by Crippen LogP contribution is -2.20. The lowest BCUT2D eigenvalue weighted by molar-refractivity contribution is -0.147. The zero-order valence-electron chi connectivity index (χ0n) is 11.2. The zero-order chi connectivity index (χ0) is 15.1. The molecular formula is C15H14ClNO3S. The number of hydrogen-bond acceptors (Lipinski definition) is 4. The molecule has 0 atom stereocenters. The van der Waals surface area contributed by atoms with Crippen molar-refractivity contribution in [2.75, 3.05) is 11.9 Å². The summed E-state index contributed by atoms with van der Waals surface area (Å²) in [4.78, 5) is 23.1. The Labute approximate surface area is 131 Å². The van der Waals surface area contributed by atoms with E-state index in [4.69, 9.17) is 16.3 Å². The number of thiophene rings is 1. The normalized spacial score (nSPS) is 10.1. The molecule has 1 heterocycles. The van der Waals surface area contributed by atoms with Crippen molar-refractivity contribution in [2.24, 2.45) is 0 Å². The first-order valence-corrected chi connectivity index (χ1v) is 7.67. The van der Waals surface area contributed by atoms with Gasteiger partial charge in [-0.25, -0.2) is 0 Å². The first kappa shape index (κ1) is 15.5. The van der Waals surface area contributed by atoms with Gasteiger partial charge >= 0.3 is 5.97 Å². The van der Waals surface area contributed by atoms with Crippen LogP contribution in [0.15, 0.2) is 41.1 Å². The Morgan fingerprint density at radius 2 is 1.95 bits per heavy atom. The predicted molar refractivity (Wildman–Crippen MR) is 83.7 cm³/mol. The summed E-state index contributed by atoms with van der Waals surface area (Å²) in [6, 6.07) is 8.66. The number of ether oxygens (including phenoxy) is 1. The van der Waals surface area contributed by atoms with Gasteiger partial charge in [-0.1, -0.05) is 11.6 Å². The smallest absolute Gasteiger partial charge is 0.306 e. The first-order chi connectivity index (χ1) is 10.1. The van der Waals surface area contributed by atoms with E-state index in [1.165, 1.54) is 0 Å². The zero-order valence-corrected chi connectivity index (χ0v) is 12.7. The van der Waals surface area contributed by atoms with Gasteiger partial charge in [0.15, 0.2) is 6.61 Å². The highest BCUT2D eigenvalue weighted by Crippen LogP contribution is 2.13. The van der Waals surface area contributed by atoms with Crippen LogP contribution in [-0.4, -0.2) is 18.5 Å². The number of esters is 1. The molecule has 0 radical (unpaired) electrons. The minimum Gasteiger partial charge on any atom is -0.456 e. The lowest BCUT2D eigenvalue weighted by Gasteiger charge is -2.06. The van der Waals surface area contributed by atoms with E-state index < -0.39 is 0 Å². The summed E-state index contributed by atoms with van der Waals surface area (Å²) in [5.41, 5.74) is 1.71. The Bertz CT molecular complexity index is 596. The molecule has 2 aromatic rings. The Morgan fingerprint density at radius 3 is 2.62 bits per heavy atom. The molecule has 0 aliphatic carbocycles. The number of amides is 1. The molecule has 0 bridgehead atoms. The molecule has 4 nitrogen and oxygen atoms in total. The number of carbonyl (C=O) groups excluding carboxylic acids is 2. The van der Waals surface area contributed by atoms with Crippen molar-refractivity contribution in [3.8, 4) is 0 Å².